The molecule has 0 unspecified atom stereocenters. The first-order valence-corrected chi connectivity index (χ1v) is 5.54. The lowest BCUT2D eigenvalue weighted by Gasteiger charge is -2.10. The van der Waals surface area contributed by atoms with Crippen molar-refractivity contribution in [3.63, 3.8) is 0 Å². The standard InChI is InChI=1S/C13H12FN3O2/c1-7-12(14)13(17-6-16-7)19-11-4-3-9(15)5-10(11)8(2)18/h3-6H,15H2,1-2H3. The second-order valence-electron chi connectivity index (χ2n) is 3.99. The number of carbonyl (C=O) groups is 1. The van der Waals surface area contributed by atoms with Crippen LogP contribution in [0.1, 0.15) is 23.0 Å². The fourth-order valence-electron chi connectivity index (χ4n) is 1.52. The molecule has 98 valence electrons. The molecule has 0 aliphatic heterocycles. The van der Waals surface area contributed by atoms with Gasteiger partial charge in [0.15, 0.2) is 5.78 Å². The maximum Gasteiger partial charge on any atom is 0.259 e. The molecule has 1 heterocycles. The van der Waals surface area contributed by atoms with Gasteiger partial charge in [-0.1, -0.05) is 0 Å². The molecule has 0 saturated heterocycles. The number of carbonyl (C=O) groups excluding carboxylic acids is 1. The van der Waals surface area contributed by atoms with Gasteiger partial charge in [-0.2, -0.15) is 9.37 Å². The molecule has 6 heteroatoms. The lowest BCUT2D eigenvalue weighted by Crippen LogP contribution is -2.02. The number of halogens is 1. The summed E-state index contributed by atoms with van der Waals surface area (Å²) in [6.45, 7) is 2.88. The third kappa shape index (κ3) is 2.67. The predicted octanol–water partition coefficient (Wildman–Crippen LogP) is 2.50. The summed E-state index contributed by atoms with van der Waals surface area (Å²) in [4.78, 5) is 18.9. The molecule has 1 aromatic carbocycles. The maximum atomic E-state index is 13.7. The zero-order valence-electron chi connectivity index (χ0n) is 10.5. The van der Waals surface area contributed by atoms with Gasteiger partial charge in [-0.25, -0.2) is 4.98 Å². The van der Waals surface area contributed by atoms with Crippen LogP contribution in [-0.4, -0.2) is 15.8 Å². The van der Waals surface area contributed by atoms with Crippen molar-refractivity contribution in [2.75, 3.05) is 5.73 Å². The fourth-order valence-corrected chi connectivity index (χ4v) is 1.52. The number of rotatable bonds is 3. The molecule has 19 heavy (non-hydrogen) atoms. The van der Waals surface area contributed by atoms with Crippen LogP contribution in [0.4, 0.5) is 10.1 Å². The molecule has 0 atom stereocenters. The molecule has 0 saturated carbocycles. The zero-order chi connectivity index (χ0) is 14.0. The minimum Gasteiger partial charge on any atom is -0.436 e. The lowest BCUT2D eigenvalue weighted by atomic mass is 10.1. The maximum absolute atomic E-state index is 13.7. The molecule has 0 aliphatic rings. The Bertz CT molecular complexity index is 644. The van der Waals surface area contributed by atoms with Crippen molar-refractivity contribution in [1.82, 2.24) is 9.97 Å². The van der Waals surface area contributed by atoms with Gasteiger partial charge in [0.2, 0.25) is 5.82 Å². The number of ketones is 1. The summed E-state index contributed by atoms with van der Waals surface area (Å²) in [5.74, 6) is -0.902. The third-order valence-corrected chi connectivity index (χ3v) is 2.52. The first-order valence-electron chi connectivity index (χ1n) is 5.54. The molecule has 0 spiro atoms. The molecule has 0 fully saturated rings. The number of anilines is 1. The summed E-state index contributed by atoms with van der Waals surface area (Å²) in [5, 5.41) is 0. The highest BCUT2D eigenvalue weighted by Crippen LogP contribution is 2.28. The van der Waals surface area contributed by atoms with E-state index in [0.717, 1.165) is 0 Å². The average molecular weight is 261 g/mol. The Balaban J connectivity index is 2.44. The van der Waals surface area contributed by atoms with E-state index in [1.165, 1.54) is 32.3 Å². The number of aromatic nitrogens is 2. The molecule has 0 amide bonds. The molecule has 1 aromatic heterocycles. The lowest BCUT2D eigenvalue weighted by molar-refractivity contribution is 0.101. The Morgan fingerprint density at radius 2 is 2.11 bits per heavy atom. The van der Waals surface area contributed by atoms with Gasteiger partial charge in [0, 0.05) is 5.69 Å². The Kier molecular flexibility index (Phi) is 3.41. The van der Waals surface area contributed by atoms with Crippen LogP contribution in [0.5, 0.6) is 11.6 Å². The molecule has 2 aromatic rings. The van der Waals surface area contributed by atoms with Crippen LogP contribution in [-0.2, 0) is 0 Å². The minimum absolute atomic E-state index is 0.171. The number of hydrogen-bond acceptors (Lipinski definition) is 5. The van der Waals surface area contributed by atoms with Gasteiger partial charge in [-0.15, -0.1) is 0 Å². The smallest absolute Gasteiger partial charge is 0.259 e. The van der Waals surface area contributed by atoms with Gasteiger partial charge in [0.05, 0.1) is 11.3 Å². The van der Waals surface area contributed by atoms with Crippen LogP contribution >= 0.6 is 0 Å². The number of Topliss-reactive ketones (excluding diaryl/α,β-unsaturated/α-hetero) is 1. The van der Waals surface area contributed by atoms with Crippen molar-refractivity contribution in [1.29, 1.82) is 0 Å². The minimum atomic E-state index is -0.658. The Morgan fingerprint density at radius 3 is 2.79 bits per heavy atom. The largest absolute Gasteiger partial charge is 0.436 e. The van der Waals surface area contributed by atoms with Crippen LogP contribution in [0, 0.1) is 12.7 Å². The number of ether oxygens (including phenoxy) is 1. The van der Waals surface area contributed by atoms with E-state index in [4.69, 9.17) is 10.5 Å². The monoisotopic (exact) mass is 261 g/mol. The van der Waals surface area contributed by atoms with E-state index in [1.807, 2.05) is 0 Å². The molecule has 0 radical (unpaired) electrons. The number of nitrogen functional groups attached to an aromatic ring is 1. The van der Waals surface area contributed by atoms with E-state index in [9.17, 15) is 9.18 Å². The van der Waals surface area contributed by atoms with Gasteiger partial charge in [-0.05, 0) is 32.0 Å². The Labute approximate surface area is 109 Å². The molecular formula is C13H12FN3O2. The normalized spacial score (nSPS) is 10.3. The van der Waals surface area contributed by atoms with Crippen molar-refractivity contribution >= 4 is 11.5 Å². The van der Waals surface area contributed by atoms with Crippen LogP contribution < -0.4 is 10.5 Å². The summed E-state index contributed by atoms with van der Waals surface area (Å²) < 4.78 is 19.1. The summed E-state index contributed by atoms with van der Waals surface area (Å²) in [5.41, 5.74) is 6.48. The van der Waals surface area contributed by atoms with E-state index in [2.05, 4.69) is 9.97 Å². The SMILES string of the molecule is CC(=O)c1cc(N)ccc1Oc1ncnc(C)c1F. The molecular weight excluding hydrogens is 249 g/mol. The highest BCUT2D eigenvalue weighted by Gasteiger charge is 2.14. The molecule has 2 N–H and O–H groups in total. The number of hydrogen-bond donors (Lipinski definition) is 1. The summed E-state index contributed by atoms with van der Waals surface area (Å²) in [6.07, 6.45) is 1.19. The predicted molar refractivity (Wildman–Crippen MR) is 67.7 cm³/mol. The van der Waals surface area contributed by atoms with Crippen molar-refractivity contribution in [2.45, 2.75) is 13.8 Å². The van der Waals surface area contributed by atoms with E-state index >= 15 is 0 Å². The van der Waals surface area contributed by atoms with Gasteiger partial charge >= 0.3 is 0 Å². The van der Waals surface area contributed by atoms with Crippen LogP contribution in [0.25, 0.3) is 0 Å². The second kappa shape index (κ2) is 5.01. The Hall–Kier alpha value is -2.50. The van der Waals surface area contributed by atoms with Crippen LogP contribution in [0.15, 0.2) is 24.5 Å². The highest BCUT2D eigenvalue weighted by atomic mass is 19.1. The van der Waals surface area contributed by atoms with E-state index in [1.54, 1.807) is 6.07 Å². The molecule has 0 aliphatic carbocycles. The number of nitrogens with zero attached hydrogens (tertiary/aromatic N) is 2. The average Bonchev–Trinajstić information content (AvgIpc) is 2.36. The van der Waals surface area contributed by atoms with Gasteiger partial charge < -0.3 is 10.5 Å². The van der Waals surface area contributed by atoms with E-state index in [-0.39, 0.29) is 28.7 Å². The topological polar surface area (TPSA) is 78.1 Å². The number of benzene rings is 1. The molecule has 2 rings (SSSR count). The first-order chi connectivity index (χ1) is 8.99. The fraction of sp³-hybridized carbons (Fsp3) is 0.154. The molecule has 5 nitrogen and oxygen atoms in total. The van der Waals surface area contributed by atoms with Gasteiger partial charge in [0.25, 0.3) is 5.88 Å². The number of nitrogens with two attached hydrogens (primary N) is 1. The van der Waals surface area contributed by atoms with Crippen molar-refractivity contribution in [3.8, 4) is 11.6 Å². The van der Waals surface area contributed by atoms with E-state index < -0.39 is 5.82 Å². The second-order valence-corrected chi connectivity index (χ2v) is 3.99. The molecule has 0 bridgehead atoms. The Morgan fingerprint density at radius 1 is 1.37 bits per heavy atom. The summed E-state index contributed by atoms with van der Waals surface area (Å²) in [7, 11) is 0. The van der Waals surface area contributed by atoms with Crippen molar-refractivity contribution in [3.05, 3.63) is 41.6 Å². The van der Waals surface area contributed by atoms with Gasteiger partial charge in [-0.3, -0.25) is 4.79 Å². The first kappa shape index (κ1) is 12.9. The third-order valence-electron chi connectivity index (χ3n) is 2.52. The van der Waals surface area contributed by atoms with Crippen molar-refractivity contribution < 1.29 is 13.9 Å². The van der Waals surface area contributed by atoms with Crippen LogP contribution in [0.3, 0.4) is 0 Å². The van der Waals surface area contributed by atoms with Crippen LogP contribution in [0.2, 0.25) is 0 Å². The quantitative estimate of drug-likeness (QED) is 0.678. The van der Waals surface area contributed by atoms with Crippen molar-refractivity contribution in [2.24, 2.45) is 0 Å². The summed E-state index contributed by atoms with van der Waals surface area (Å²) >= 11 is 0. The summed E-state index contributed by atoms with van der Waals surface area (Å²) in [6, 6.07) is 4.54. The number of aryl methyl sites for hydroxylation is 1. The van der Waals surface area contributed by atoms with E-state index in [0.29, 0.717) is 5.69 Å². The van der Waals surface area contributed by atoms with Gasteiger partial charge in [0.1, 0.15) is 12.1 Å². The zero-order valence-corrected chi connectivity index (χ0v) is 10.5. The highest BCUT2D eigenvalue weighted by molar-refractivity contribution is 5.97.